The Morgan fingerprint density at radius 1 is 1.26 bits per heavy atom. The smallest absolute Gasteiger partial charge is 0.290 e. The third-order valence-electron chi connectivity index (χ3n) is 5.82. The van der Waals surface area contributed by atoms with Gasteiger partial charge in [-0.15, -0.1) is 0 Å². The topological polar surface area (TPSA) is 83.2 Å². The van der Waals surface area contributed by atoms with E-state index in [1.165, 1.54) is 18.4 Å². The van der Waals surface area contributed by atoms with Gasteiger partial charge in [-0.3, -0.25) is 9.59 Å². The summed E-state index contributed by atoms with van der Waals surface area (Å²) in [5.74, 6) is -0.408. The Morgan fingerprint density at radius 3 is 2.74 bits per heavy atom. The number of carbonyl (C=O) groups excluding carboxylic acids is 2. The van der Waals surface area contributed by atoms with Crippen LogP contribution >= 0.6 is 0 Å². The minimum absolute atomic E-state index is 0.0523. The third kappa shape index (κ3) is 5.85. The van der Waals surface area contributed by atoms with Crippen molar-refractivity contribution in [2.75, 3.05) is 32.8 Å². The number of rotatable bonds is 13. The Bertz CT molecular complexity index is 1050. The SMILES string of the molecule is C=CCOc1cccc(C2C(C(=O)/C=C/c3ccco3)=C(O)C(=O)N2CCCN(CC)CC)c1. The van der Waals surface area contributed by atoms with Crippen molar-refractivity contribution < 1.29 is 23.8 Å². The van der Waals surface area contributed by atoms with Gasteiger partial charge in [-0.1, -0.05) is 38.6 Å². The highest BCUT2D eigenvalue weighted by atomic mass is 16.5. The lowest BCUT2D eigenvalue weighted by Gasteiger charge is -2.28. The van der Waals surface area contributed by atoms with Gasteiger partial charge in [0.1, 0.15) is 18.1 Å². The van der Waals surface area contributed by atoms with E-state index in [4.69, 9.17) is 9.15 Å². The molecule has 2 aromatic rings. The summed E-state index contributed by atoms with van der Waals surface area (Å²) in [6.07, 6.45) is 6.72. The Labute approximate surface area is 200 Å². The number of allylic oxidation sites excluding steroid dienone is 1. The van der Waals surface area contributed by atoms with Crippen molar-refractivity contribution in [3.8, 4) is 5.75 Å². The Morgan fingerprint density at radius 2 is 2.06 bits per heavy atom. The summed E-state index contributed by atoms with van der Waals surface area (Å²) in [5.41, 5.74) is 0.744. The standard InChI is InChI=1S/C27H32N2O5/c1-4-17-33-22-11-7-10-20(19-22)25-24(23(30)14-13-21-12-8-18-34-21)26(31)27(32)29(25)16-9-15-28(5-2)6-3/h4,7-8,10-14,18-19,25,31H,1,5-6,9,15-17H2,2-3H3/b14-13+. The lowest BCUT2D eigenvalue weighted by molar-refractivity contribution is -0.129. The largest absolute Gasteiger partial charge is 0.503 e. The highest BCUT2D eigenvalue weighted by Gasteiger charge is 2.42. The Hall–Kier alpha value is -3.58. The van der Waals surface area contributed by atoms with E-state index >= 15 is 0 Å². The van der Waals surface area contributed by atoms with E-state index in [2.05, 4.69) is 25.3 Å². The molecule has 180 valence electrons. The number of ether oxygens (including phenoxy) is 1. The van der Waals surface area contributed by atoms with Gasteiger partial charge in [0.05, 0.1) is 17.9 Å². The first-order valence-corrected chi connectivity index (χ1v) is 11.6. The van der Waals surface area contributed by atoms with Crippen LogP contribution < -0.4 is 4.74 Å². The van der Waals surface area contributed by atoms with Gasteiger partial charge in [-0.2, -0.15) is 0 Å². The molecule has 7 heteroatoms. The fourth-order valence-electron chi connectivity index (χ4n) is 4.05. The average molecular weight is 465 g/mol. The molecule has 0 saturated carbocycles. The van der Waals surface area contributed by atoms with Gasteiger partial charge in [0.2, 0.25) is 0 Å². The zero-order valence-corrected chi connectivity index (χ0v) is 19.8. The molecule has 1 aliphatic heterocycles. The summed E-state index contributed by atoms with van der Waals surface area (Å²) < 4.78 is 10.9. The molecule has 1 atom stereocenters. The van der Waals surface area contributed by atoms with Crippen LogP contribution in [-0.4, -0.2) is 59.4 Å². The van der Waals surface area contributed by atoms with Gasteiger partial charge in [0.25, 0.3) is 5.91 Å². The summed E-state index contributed by atoms with van der Waals surface area (Å²) in [6.45, 7) is 11.2. The van der Waals surface area contributed by atoms with Crippen LogP contribution in [0.25, 0.3) is 6.08 Å². The minimum Gasteiger partial charge on any atom is -0.503 e. The van der Waals surface area contributed by atoms with Crippen molar-refractivity contribution in [1.29, 1.82) is 0 Å². The molecule has 0 radical (unpaired) electrons. The molecule has 2 heterocycles. The molecule has 1 amide bonds. The molecular weight excluding hydrogens is 432 g/mol. The van der Waals surface area contributed by atoms with Gasteiger partial charge >= 0.3 is 0 Å². The van der Waals surface area contributed by atoms with Crippen molar-refractivity contribution in [2.45, 2.75) is 26.3 Å². The fraction of sp³-hybridized carbons (Fsp3) is 0.333. The summed E-state index contributed by atoms with van der Waals surface area (Å²) in [4.78, 5) is 30.1. The quantitative estimate of drug-likeness (QED) is 0.346. The molecule has 1 aromatic carbocycles. The maximum absolute atomic E-state index is 13.2. The second-order valence-electron chi connectivity index (χ2n) is 7.93. The van der Waals surface area contributed by atoms with Crippen LogP contribution in [0.2, 0.25) is 0 Å². The summed E-state index contributed by atoms with van der Waals surface area (Å²) >= 11 is 0. The molecule has 7 nitrogen and oxygen atoms in total. The van der Waals surface area contributed by atoms with Crippen LogP contribution in [0.4, 0.5) is 0 Å². The predicted molar refractivity (Wildman–Crippen MR) is 131 cm³/mol. The van der Waals surface area contributed by atoms with E-state index in [1.54, 1.807) is 35.2 Å². The molecule has 1 unspecified atom stereocenters. The number of amides is 1. The molecule has 0 bridgehead atoms. The van der Waals surface area contributed by atoms with Gasteiger partial charge in [-0.05, 0) is 68.0 Å². The van der Waals surface area contributed by atoms with Crippen molar-refractivity contribution in [2.24, 2.45) is 0 Å². The Balaban J connectivity index is 1.92. The van der Waals surface area contributed by atoms with Gasteiger partial charge in [0.15, 0.2) is 11.5 Å². The average Bonchev–Trinajstić information content (AvgIpc) is 3.46. The minimum atomic E-state index is -0.717. The molecule has 1 N–H and O–H groups in total. The van der Waals surface area contributed by atoms with Crippen LogP contribution in [0.15, 0.2) is 77.1 Å². The molecule has 0 saturated heterocycles. The summed E-state index contributed by atoms with van der Waals surface area (Å²) in [6, 6.07) is 9.95. The maximum atomic E-state index is 13.2. The number of hydrogen-bond acceptors (Lipinski definition) is 6. The number of ketones is 1. The first-order valence-electron chi connectivity index (χ1n) is 11.6. The van der Waals surface area contributed by atoms with Gasteiger partial charge < -0.3 is 24.1 Å². The van der Waals surface area contributed by atoms with Gasteiger partial charge in [0, 0.05) is 6.54 Å². The number of hydrogen-bond donors (Lipinski definition) is 1. The lowest BCUT2D eigenvalue weighted by Crippen LogP contribution is -2.34. The highest BCUT2D eigenvalue weighted by molar-refractivity contribution is 6.14. The van der Waals surface area contributed by atoms with E-state index < -0.39 is 23.5 Å². The van der Waals surface area contributed by atoms with E-state index in [9.17, 15) is 14.7 Å². The highest BCUT2D eigenvalue weighted by Crippen LogP contribution is 2.39. The first-order chi connectivity index (χ1) is 16.5. The van der Waals surface area contributed by atoms with Crippen LogP contribution in [0, 0.1) is 0 Å². The molecule has 0 fully saturated rings. The Kier molecular flexibility index (Phi) is 8.87. The maximum Gasteiger partial charge on any atom is 0.290 e. The van der Waals surface area contributed by atoms with Crippen LogP contribution in [-0.2, 0) is 9.59 Å². The predicted octanol–water partition coefficient (Wildman–Crippen LogP) is 4.55. The molecule has 1 aromatic heterocycles. The summed E-state index contributed by atoms with van der Waals surface area (Å²) in [7, 11) is 0. The van der Waals surface area contributed by atoms with E-state index in [0.29, 0.717) is 36.6 Å². The second-order valence-corrected chi connectivity index (χ2v) is 7.93. The molecule has 1 aliphatic rings. The number of benzene rings is 1. The molecule has 3 rings (SSSR count). The van der Waals surface area contributed by atoms with Crippen molar-refractivity contribution in [3.05, 3.63) is 84.0 Å². The second kappa shape index (κ2) is 12.0. The van der Waals surface area contributed by atoms with Crippen LogP contribution in [0.1, 0.15) is 37.6 Å². The zero-order chi connectivity index (χ0) is 24.5. The van der Waals surface area contributed by atoms with E-state index in [-0.39, 0.29) is 5.57 Å². The number of carbonyl (C=O) groups is 2. The van der Waals surface area contributed by atoms with E-state index in [0.717, 1.165) is 19.6 Å². The molecular formula is C27H32N2O5. The van der Waals surface area contributed by atoms with Crippen molar-refractivity contribution in [1.82, 2.24) is 9.80 Å². The van der Waals surface area contributed by atoms with Crippen LogP contribution in [0.3, 0.4) is 0 Å². The number of aliphatic hydroxyl groups excluding tert-OH is 1. The molecule has 34 heavy (non-hydrogen) atoms. The number of nitrogens with zero attached hydrogens (tertiary/aromatic N) is 2. The molecule has 0 spiro atoms. The van der Waals surface area contributed by atoms with E-state index in [1.807, 2.05) is 12.1 Å². The van der Waals surface area contributed by atoms with Crippen molar-refractivity contribution >= 4 is 17.8 Å². The van der Waals surface area contributed by atoms with Crippen LogP contribution in [0.5, 0.6) is 5.75 Å². The lowest BCUT2D eigenvalue weighted by atomic mass is 9.95. The number of furan rings is 1. The molecule has 0 aliphatic carbocycles. The number of aliphatic hydroxyl groups is 1. The zero-order valence-electron chi connectivity index (χ0n) is 19.8. The van der Waals surface area contributed by atoms with Gasteiger partial charge in [-0.25, -0.2) is 0 Å². The summed E-state index contributed by atoms with van der Waals surface area (Å²) in [5, 5.41) is 10.8. The monoisotopic (exact) mass is 464 g/mol. The van der Waals surface area contributed by atoms with Crippen molar-refractivity contribution in [3.63, 3.8) is 0 Å². The first kappa shape index (κ1) is 25.1. The normalized spacial score (nSPS) is 16.1. The third-order valence-corrected chi connectivity index (χ3v) is 5.82. The fourth-order valence-corrected chi connectivity index (χ4v) is 4.05.